The molecule has 0 saturated heterocycles. The lowest BCUT2D eigenvalue weighted by molar-refractivity contribution is -0.258. The average Bonchev–Trinajstić information content (AvgIpc) is 2.65. The summed E-state index contributed by atoms with van der Waals surface area (Å²) in [6.45, 7) is 4.49. The molecule has 1 saturated carbocycles. The van der Waals surface area contributed by atoms with E-state index in [9.17, 15) is 4.79 Å². The fourth-order valence-corrected chi connectivity index (χ4v) is 4.80. The molecule has 27 heavy (non-hydrogen) atoms. The first-order valence-electron chi connectivity index (χ1n) is 10.7. The van der Waals surface area contributed by atoms with Gasteiger partial charge in [0.1, 0.15) is 5.78 Å². The summed E-state index contributed by atoms with van der Waals surface area (Å²) >= 11 is 0. The predicted molar refractivity (Wildman–Crippen MR) is 111 cm³/mol. The van der Waals surface area contributed by atoms with Crippen molar-refractivity contribution in [2.24, 2.45) is 11.3 Å². The summed E-state index contributed by atoms with van der Waals surface area (Å²) in [5, 5.41) is 0. The van der Waals surface area contributed by atoms with Gasteiger partial charge in [0.2, 0.25) is 0 Å². The van der Waals surface area contributed by atoms with Crippen LogP contribution in [0.15, 0.2) is 30.3 Å². The Kier molecular flexibility index (Phi) is 8.50. The van der Waals surface area contributed by atoms with Gasteiger partial charge in [0.25, 0.3) is 0 Å². The van der Waals surface area contributed by atoms with Crippen LogP contribution in [-0.4, -0.2) is 20.0 Å². The third-order valence-electron chi connectivity index (χ3n) is 6.21. The molecule has 1 unspecified atom stereocenters. The molecule has 0 heterocycles. The molecule has 1 aromatic carbocycles. The highest BCUT2D eigenvalue weighted by atomic mass is 16.7. The second-order valence-corrected chi connectivity index (χ2v) is 8.60. The van der Waals surface area contributed by atoms with Crippen molar-refractivity contribution in [1.82, 2.24) is 0 Å². The number of hydrogen-bond acceptors (Lipinski definition) is 3. The third-order valence-corrected chi connectivity index (χ3v) is 6.21. The number of benzene rings is 1. The SMILES string of the molecule is CCCCCCCCC(CC1(C)CC(=O)C1)C(OC)(OC)c1ccccc1. The van der Waals surface area contributed by atoms with Gasteiger partial charge in [0.15, 0.2) is 5.79 Å². The minimum absolute atomic E-state index is 0.0844. The molecule has 3 heteroatoms. The summed E-state index contributed by atoms with van der Waals surface area (Å²) in [5.74, 6) is -0.123. The molecule has 1 aliphatic carbocycles. The van der Waals surface area contributed by atoms with Gasteiger partial charge in [0.05, 0.1) is 0 Å². The molecule has 0 bridgehead atoms. The van der Waals surface area contributed by atoms with Crippen LogP contribution in [0.25, 0.3) is 0 Å². The van der Waals surface area contributed by atoms with Gasteiger partial charge in [-0.2, -0.15) is 0 Å². The van der Waals surface area contributed by atoms with E-state index in [0.29, 0.717) is 18.6 Å². The maximum atomic E-state index is 11.7. The Bertz CT molecular complexity index is 554. The Hall–Kier alpha value is -1.19. The summed E-state index contributed by atoms with van der Waals surface area (Å²) in [4.78, 5) is 11.7. The summed E-state index contributed by atoms with van der Waals surface area (Å²) in [6.07, 6.45) is 11.1. The van der Waals surface area contributed by atoms with Crippen LogP contribution in [0.5, 0.6) is 0 Å². The number of rotatable bonds is 13. The molecule has 1 aromatic rings. The van der Waals surface area contributed by atoms with Gasteiger partial charge in [-0.15, -0.1) is 0 Å². The Morgan fingerprint density at radius 3 is 2.15 bits per heavy atom. The van der Waals surface area contributed by atoms with E-state index in [4.69, 9.17) is 9.47 Å². The topological polar surface area (TPSA) is 35.5 Å². The minimum atomic E-state index is -0.744. The second-order valence-electron chi connectivity index (χ2n) is 8.60. The number of ketones is 1. The Labute approximate surface area is 165 Å². The molecular weight excluding hydrogens is 336 g/mol. The first kappa shape index (κ1) is 22.1. The monoisotopic (exact) mass is 374 g/mol. The zero-order chi connectivity index (χ0) is 19.8. The van der Waals surface area contributed by atoms with E-state index < -0.39 is 5.79 Å². The van der Waals surface area contributed by atoms with E-state index in [-0.39, 0.29) is 11.3 Å². The van der Waals surface area contributed by atoms with Gasteiger partial charge in [-0.3, -0.25) is 4.79 Å². The van der Waals surface area contributed by atoms with Crippen molar-refractivity contribution in [3.63, 3.8) is 0 Å². The average molecular weight is 375 g/mol. The number of carbonyl (C=O) groups excluding carboxylic acids is 1. The molecule has 2 rings (SSSR count). The van der Waals surface area contributed by atoms with Gasteiger partial charge in [-0.1, -0.05) is 82.7 Å². The number of hydrogen-bond donors (Lipinski definition) is 0. The highest BCUT2D eigenvalue weighted by molar-refractivity contribution is 5.85. The largest absolute Gasteiger partial charge is 0.349 e. The number of methoxy groups -OCH3 is 2. The molecular formula is C24H38O3. The fraction of sp³-hybridized carbons (Fsp3) is 0.708. The van der Waals surface area contributed by atoms with E-state index in [0.717, 1.165) is 18.4 Å². The molecule has 0 spiro atoms. The molecule has 0 aromatic heterocycles. The van der Waals surface area contributed by atoms with Crippen LogP contribution in [0.1, 0.15) is 83.6 Å². The lowest BCUT2D eigenvalue weighted by Crippen LogP contribution is -2.45. The van der Waals surface area contributed by atoms with Gasteiger partial charge < -0.3 is 9.47 Å². The maximum absolute atomic E-state index is 11.7. The van der Waals surface area contributed by atoms with Crippen molar-refractivity contribution in [2.75, 3.05) is 14.2 Å². The van der Waals surface area contributed by atoms with E-state index in [1.165, 1.54) is 38.5 Å². The molecule has 1 fully saturated rings. The van der Waals surface area contributed by atoms with Gasteiger partial charge >= 0.3 is 0 Å². The standard InChI is InChI=1S/C24H38O3/c1-5-6-7-8-9-11-16-21(17-23(2)18-22(25)19-23)24(26-3,27-4)20-14-12-10-13-15-20/h10,12-15,21H,5-9,11,16-19H2,1-4H3. The normalized spacial score (nSPS) is 17.6. The Balaban J connectivity index is 2.14. The van der Waals surface area contributed by atoms with Gasteiger partial charge in [-0.05, 0) is 18.3 Å². The van der Waals surface area contributed by atoms with E-state index >= 15 is 0 Å². The van der Waals surface area contributed by atoms with Crippen LogP contribution < -0.4 is 0 Å². The van der Waals surface area contributed by atoms with Crippen molar-refractivity contribution < 1.29 is 14.3 Å². The van der Waals surface area contributed by atoms with Crippen LogP contribution in [0.3, 0.4) is 0 Å². The summed E-state index contributed by atoms with van der Waals surface area (Å²) in [6, 6.07) is 10.3. The smallest absolute Gasteiger partial charge is 0.197 e. The first-order chi connectivity index (χ1) is 13.0. The van der Waals surface area contributed by atoms with Crippen LogP contribution in [0.4, 0.5) is 0 Å². The van der Waals surface area contributed by atoms with E-state index in [1.54, 1.807) is 14.2 Å². The molecule has 1 aliphatic rings. The third kappa shape index (κ3) is 5.65. The molecule has 1 atom stereocenters. The Morgan fingerprint density at radius 1 is 1.00 bits per heavy atom. The zero-order valence-electron chi connectivity index (χ0n) is 17.8. The number of carbonyl (C=O) groups is 1. The van der Waals surface area contributed by atoms with Crippen molar-refractivity contribution >= 4 is 5.78 Å². The van der Waals surface area contributed by atoms with Crippen LogP contribution in [0, 0.1) is 11.3 Å². The van der Waals surface area contributed by atoms with Crippen LogP contribution >= 0.6 is 0 Å². The number of ether oxygens (including phenoxy) is 2. The summed E-state index contributed by atoms with van der Waals surface area (Å²) in [5.41, 5.74) is 1.15. The minimum Gasteiger partial charge on any atom is -0.349 e. The van der Waals surface area contributed by atoms with Crippen molar-refractivity contribution in [3.8, 4) is 0 Å². The highest BCUT2D eigenvalue weighted by Gasteiger charge is 2.48. The number of Topliss-reactive ketones (excluding diaryl/α,β-unsaturated/α-hetero) is 1. The lowest BCUT2D eigenvalue weighted by atomic mass is 9.63. The van der Waals surface area contributed by atoms with Crippen molar-refractivity contribution in [1.29, 1.82) is 0 Å². The molecule has 0 radical (unpaired) electrons. The highest BCUT2D eigenvalue weighted by Crippen LogP contribution is 2.49. The lowest BCUT2D eigenvalue weighted by Gasteiger charge is -2.46. The molecule has 3 nitrogen and oxygen atoms in total. The van der Waals surface area contributed by atoms with E-state index in [1.807, 2.05) is 18.2 Å². The van der Waals surface area contributed by atoms with E-state index in [2.05, 4.69) is 26.0 Å². The van der Waals surface area contributed by atoms with Crippen molar-refractivity contribution in [3.05, 3.63) is 35.9 Å². The fourth-order valence-electron chi connectivity index (χ4n) is 4.80. The summed E-state index contributed by atoms with van der Waals surface area (Å²) in [7, 11) is 3.50. The maximum Gasteiger partial charge on any atom is 0.197 e. The summed E-state index contributed by atoms with van der Waals surface area (Å²) < 4.78 is 12.1. The first-order valence-corrected chi connectivity index (χ1v) is 10.7. The van der Waals surface area contributed by atoms with Crippen LogP contribution in [0.2, 0.25) is 0 Å². The molecule has 0 N–H and O–H groups in total. The molecule has 0 amide bonds. The predicted octanol–water partition coefficient (Wildman–Crippen LogP) is 6.26. The Morgan fingerprint density at radius 2 is 1.59 bits per heavy atom. The number of unbranched alkanes of at least 4 members (excludes halogenated alkanes) is 5. The zero-order valence-corrected chi connectivity index (χ0v) is 17.8. The second kappa shape index (κ2) is 10.4. The molecule has 152 valence electrons. The van der Waals surface area contributed by atoms with Gasteiger partial charge in [-0.25, -0.2) is 0 Å². The van der Waals surface area contributed by atoms with Crippen molar-refractivity contribution in [2.45, 2.75) is 83.8 Å². The molecule has 0 aliphatic heterocycles. The van der Waals surface area contributed by atoms with Crippen LogP contribution in [-0.2, 0) is 20.1 Å². The van der Waals surface area contributed by atoms with Gasteiger partial charge in [0, 0.05) is 38.5 Å². The quantitative estimate of drug-likeness (QED) is 0.302.